The van der Waals surface area contributed by atoms with Crippen LogP contribution in [-0.4, -0.2) is 22.7 Å². The maximum absolute atomic E-state index is 12.9. The molecule has 2 aromatic rings. The van der Waals surface area contributed by atoms with Crippen LogP contribution in [0.25, 0.3) is 0 Å². The minimum atomic E-state index is -0.421. The summed E-state index contributed by atoms with van der Waals surface area (Å²) in [6.45, 7) is 3.55. The summed E-state index contributed by atoms with van der Waals surface area (Å²) in [6.07, 6.45) is 1.21. The number of nitrogens with zero attached hydrogens (tertiary/aromatic N) is 1. The van der Waals surface area contributed by atoms with Gasteiger partial charge >= 0.3 is 0 Å². The molecule has 1 aromatic carbocycles. The third-order valence-corrected chi connectivity index (χ3v) is 2.80. The first-order chi connectivity index (χ1) is 9.13. The Kier molecular flexibility index (Phi) is 4.71. The highest BCUT2D eigenvalue weighted by atomic mass is 19.1. The fourth-order valence-corrected chi connectivity index (χ4v) is 2.03. The molecular formula is C15H18FNO2. The smallest absolute Gasteiger partial charge is 0.123 e. The molecular weight excluding hydrogens is 245 g/mol. The molecule has 0 aliphatic rings. The average Bonchev–Trinajstić information content (AvgIpc) is 2.84. The molecule has 0 aliphatic carbocycles. The van der Waals surface area contributed by atoms with E-state index < -0.39 is 6.10 Å². The number of aliphatic hydroxyl groups is 1. The van der Waals surface area contributed by atoms with Gasteiger partial charge in [0.1, 0.15) is 11.6 Å². The zero-order chi connectivity index (χ0) is 13.7. The molecule has 1 heterocycles. The number of hydrogen-bond acceptors (Lipinski definition) is 3. The summed E-state index contributed by atoms with van der Waals surface area (Å²) in [5.41, 5.74) is 1.01. The Morgan fingerprint density at radius 2 is 1.95 bits per heavy atom. The summed E-state index contributed by atoms with van der Waals surface area (Å²) < 4.78 is 18.2. The van der Waals surface area contributed by atoms with Crippen LogP contribution in [-0.2, 0) is 13.1 Å². The normalized spacial score (nSPS) is 12.8. The monoisotopic (exact) mass is 263 g/mol. The van der Waals surface area contributed by atoms with E-state index in [1.54, 1.807) is 25.3 Å². The van der Waals surface area contributed by atoms with Crippen molar-refractivity contribution in [1.82, 2.24) is 4.90 Å². The first-order valence-corrected chi connectivity index (χ1v) is 6.31. The van der Waals surface area contributed by atoms with Crippen molar-refractivity contribution in [3.05, 3.63) is 59.8 Å². The van der Waals surface area contributed by atoms with Crippen LogP contribution in [0.3, 0.4) is 0 Å². The maximum atomic E-state index is 12.9. The predicted molar refractivity (Wildman–Crippen MR) is 70.9 cm³/mol. The van der Waals surface area contributed by atoms with Gasteiger partial charge in [-0.2, -0.15) is 0 Å². The Bertz CT molecular complexity index is 479. The zero-order valence-electron chi connectivity index (χ0n) is 10.9. The number of benzene rings is 1. The van der Waals surface area contributed by atoms with Gasteiger partial charge in [0.05, 0.1) is 18.9 Å². The van der Waals surface area contributed by atoms with Gasteiger partial charge in [-0.3, -0.25) is 4.90 Å². The lowest BCUT2D eigenvalue weighted by Crippen LogP contribution is -2.30. The minimum Gasteiger partial charge on any atom is -0.468 e. The van der Waals surface area contributed by atoms with E-state index in [1.807, 2.05) is 12.1 Å². The van der Waals surface area contributed by atoms with E-state index in [2.05, 4.69) is 4.90 Å². The van der Waals surface area contributed by atoms with E-state index in [-0.39, 0.29) is 5.82 Å². The maximum Gasteiger partial charge on any atom is 0.123 e. The molecule has 1 atom stereocenters. The first-order valence-electron chi connectivity index (χ1n) is 6.31. The van der Waals surface area contributed by atoms with Crippen LogP contribution >= 0.6 is 0 Å². The quantitative estimate of drug-likeness (QED) is 0.870. The first kappa shape index (κ1) is 13.8. The van der Waals surface area contributed by atoms with E-state index in [0.29, 0.717) is 19.6 Å². The van der Waals surface area contributed by atoms with E-state index in [4.69, 9.17) is 4.42 Å². The van der Waals surface area contributed by atoms with E-state index in [9.17, 15) is 9.50 Å². The summed E-state index contributed by atoms with van der Waals surface area (Å²) in [5.74, 6) is 0.611. The minimum absolute atomic E-state index is 0.239. The molecule has 19 heavy (non-hydrogen) atoms. The SMILES string of the molecule is CC(O)CN(Cc1ccc(F)cc1)Cc1ccco1. The Hall–Kier alpha value is -1.65. The molecule has 1 aromatic heterocycles. The molecule has 3 nitrogen and oxygen atoms in total. The number of aliphatic hydroxyl groups excluding tert-OH is 1. The highest BCUT2D eigenvalue weighted by molar-refractivity contribution is 5.16. The van der Waals surface area contributed by atoms with Crippen molar-refractivity contribution >= 4 is 0 Å². The van der Waals surface area contributed by atoms with E-state index >= 15 is 0 Å². The van der Waals surface area contributed by atoms with Crippen molar-refractivity contribution in [3.63, 3.8) is 0 Å². The van der Waals surface area contributed by atoms with Gasteiger partial charge in [0, 0.05) is 13.1 Å². The lowest BCUT2D eigenvalue weighted by Gasteiger charge is -2.22. The molecule has 0 aliphatic heterocycles. The van der Waals surface area contributed by atoms with Crippen LogP contribution < -0.4 is 0 Å². The van der Waals surface area contributed by atoms with Gasteiger partial charge in [0.2, 0.25) is 0 Å². The van der Waals surface area contributed by atoms with Gasteiger partial charge in [-0.1, -0.05) is 12.1 Å². The topological polar surface area (TPSA) is 36.6 Å². The van der Waals surface area contributed by atoms with E-state index in [1.165, 1.54) is 12.1 Å². The van der Waals surface area contributed by atoms with Crippen LogP contribution in [0.1, 0.15) is 18.2 Å². The summed E-state index contributed by atoms with van der Waals surface area (Å²) in [6, 6.07) is 10.2. The Balaban J connectivity index is 2.02. The van der Waals surface area contributed by atoms with Gasteiger partial charge in [0.25, 0.3) is 0 Å². The van der Waals surface area contributed by atoms with Crippen molar-refractivity contribution in [2.45, 2.75) is 26.1 Å². The largest absolute Gasteiger partial charge is 0.468 e. The lowest BCUT2D eigenvalue weighted by atomic mass is 10.2. The summed E-state index contributed by atoms with van der Waals surface area (Å²) in [7, 11) is 0. The van der Waals surface area contributed by atoms with Crippen molar-refractivity contribution in [3.8, 4) is 0 Å². The predicted octanol–water partition coefficient (Wildman–Crippen LogP) is 2.80. The summed E-state index contributed by atoms with van der Waals surface area (Å²) >= 11 is 0. The second kappa shape index (κ2) is 6.50. The standard InChI is InChI=1S/C15H18FNO2/c1-12(18)9-17(11-15-3-2-8-19-15)10-13-4-6-14(16)7-5-13/h2-8,12,18H,9-11H2,1H3. The third kappa shape index (κ3) is 4.50. The summed E-state index contributed by atoms with van der Waals surface area (Å²) in [4.78, 5) is 2.07. The average molecular weight is 263 g/mol. The Morgan fingerprint density at radius 3 is 2.53 bits per heavy atom. The number of rotatable bonds is 6. The molecule has 0 bridgehead atoms. The number of halogens is 1. The molecule has 0 saturated heterocycles. The number of hydrogen-bond donors (Lipinski definition) is 1. The van der Waals surface area contributed by atoms with Gasteiger partial charge < -0.3 is 9.52 Å². The molecule has 1 unspecified atom stereocenters. The van der Waals surface area contributed by atoms with Gasteiger partial charge in [-0.25, -0.2) is 4.39 Å². The fourth-order valence-electron chi connectivity index (χ4n) is 2.03. The second-order valence-corrected chi connectivity index (χ2v) is 4.72. The molecule has 0 saturated carbocycles. The second-order valence-electron chi connectivity index (χ2n) is 4.72. The van der Waals surface area contributed by atoms with Crippen molar-refractivity contribution in [1.29, 1.82) is 0 Å². The molecule has 2 rings (SSSR count). The lowest BCUT2D eigenvalue weighted by molar-refractivity contribution is 0.113. The Morgan fingerprint density at radius 1 is 1.21 bits per heavy atom. The fraction of sp³-hybridized carbons (Fsp3) is 0.333. The van der Waals surface area contributed by atoms with Gasteiger partial charge in [-0.15, -0.1) is 0 Å². The van der Waals surface area contributed by atoms with E-state index in [0.717, 1.165) is 11.3 Å². The number of furan rings is 1. The third-order valence-electron chi connectivity index (χ3n) is 2.80. The van der Waals surface area contributed by atoms with Gasteiger partial charge in [0.15, 0.2) is 0 Å². The van der Waals surface area contributed by atoms with Crippen LogP contribution in [0.15, 0.2) is 47.1 Å². The van der Waals surface area contributed by atoms with Crippen molar-refractivity contribution < 1.29 is 13.9 Å². The van der Waals surface area contributed by atoms with Crippen LogP contribution in [0.2, 0.25) is 0 Å². The molecule has 4 heteroatoms. The molecule has 0 amide bonds. The molecule has 0 fully saturated rings. The zero-order valence-corrected chi connectivity index (χ0v) is 10.9. The van der Waals surface area contributed by atoms with Crippen LogP contribution in [0.4, 0.5) is 4.39 Å². The van der Waals surface area contributed by atoms with Crippen molar-refractivity contribution in [2.24, 2.45) is 0 Å². The molecule has 1 N–H and O–H groups in total. The Labute approximate surface area is 112 Å². The van der Waals surface area contributed by atoms with Crippen LogP contribution in [0.5, 0.6) is 0 Å². The molecule has 0 radical (unpaired) electrons. The molecule has 102 valence electrons. The van der Waals surface area contributed by atoms with Crippen molar-refractivity contribution in [2.75, 3.05) is 6.54 Å². The molecule has 0 spiro atoms. The summed E-state index contributed by atoms with van der Waals surface area (Å²) in [5, 5.41) is 9.54. The van der Waals surface area contributed by atoms with Crippen LogP contribution in [0, 0.1) is 5.82 Å². The highest BCUT2D eigenvalue weighted by Gasteiger charge is 2.11. The van der Waals surface area contributed by atoms with Gasteiger partial charge in [-0.05, 0) is 36.8 Å². The highest BCUT2D eigenvalue weighted by Crippen LogP contribution is 2.12.